The van der Waals surface area contributed by atoms with Crippen molar-refractivity contribution in [1.82, 2.24) is 21.3 Å². The van der Waals surface area contributed by atoms with Gasteiger partial charge in [-0.3, -0.25) is 20.7 Å². The maximum atomic E-state index is 12.8. The first-order valence-corrected chi connectivity index (χ1v) is 11.4. The van der Waals surface area contributed by atoms with E-state index < -0.39 is 0 Å². The van der Waals surface area contributed by atoms with Crippen molar-refractivity contribution in [2.45, 2.75) is 68.7 Å². The average molecular weight is 438 g/mol. The molecule has 2 saturated carbocycles. The lowest BCUT2D eigenvalue weighted by atomic mass is 9.78. The van der Waals surface area contributed by atoms with Crippen molar-refractivity contribution in [3.63, 3.8) is 0 Å². The van der Waals surface area contributed by atoms with Crippen LogP contribution < -0.4 is 21.3 Å². The Bertz CT molecular complexity index is 709. The molecule has 7 unspecified atom stereocenters. The number of amides is 1. The molecule has 0 aromatic rings. The quantitative estimate of drug-likeness (QED) is 0.436. The number of fused-ring (bicyclic) bond motifs is 1. The summed E-state index contributed by atoms with van der Waals surface area (Å²) >= 11 is 6.64. The Morgan fingerprint density at radius 2 is 2.20 bits per heavy atom. The standard InChI is InChI=1S/C21H32ClN5O3/c1-11(25-21-24-9-14(8-23)20(27-21)29-2)15-5-13-6-16(22)18(30-10-12-3-4-12)7-17(13)26-19(15)28/h5,11-14,16-18,20-21,24-25,27H,3-4,6-7,9-10H2,1-2H3,(H,26,28)/t11-,13?,14?,16?,17?,18?,20?,21?/m0/s1. The number of hydrogen-bond acceptors (Lipinski definition) is 7. The molecular weight excluding hydrogens is 406 g/mol. The van der Waals surface area contributed by atoms with Crippen LogP contribution in [0.4, 0.5) is 0 Å². The van der Waals surface area contributed by atoms with Gasteiger partial charge in [0.2, 0.25) is 5.91 Å². The van der Waals surface area contributed by atoms with Gasteiger partial charge in [0.15, 0.2) is 0 Å². The first-order chi connectivity index (χ1) is 14.5. The average Bonchev–Trinajstić information content (AvgIpc) is 3.56. The van der Waals surface area contributed by atoms with Crippen LogP contribution in [0.5, 0.6) is 0 Å². The lowest BCUT2D eigenvalue weighted by Gasteiger charge is -2.42. The number of alkyl halides is 1. The van der Waals surface area contributed by atoms with Crippen molar-refractivity contribution in [3.8, 4) is 6.07 Å². The number of carbonyl (C=O) groups excluding carboxylic acids is 1. The summed E-state index contributed by atoms with van der Waals surface area (Å²) in [6, 6.07) is 2.13. The van der Waals surface area contributed by atoms with E-state index >= 15 is 0 Å². The summed E-state index contributed by atoms with van der Waals surface area (Å²) in [5.74, 6) is 0.611. The molecule has 1 saturated heterocycles. The third-order valence-electron chi connectivity index (χ3n) is 6.66. The third-order valence-corrected chi connectivity index (χ3v) is 7.12. The van der Waals surface area contributed by atoms with Gasteiger partial charge in [0, 0.05) is 37.9 Å². The van der Waals surface area contributed by atoms with Crippen molar-refractivity contribution in [3.05, 3.63) is 11.6 Å². The van der Waals surface area contributed by atoms with E-state index in [0.717, 1.165) is 25.0 Å². The van der Waals surface area contributed by atoms with Gasteiger partial charge in [-0.1, -0.05) is 6.08 Å². The molecule has 2 aliphatic heterocycles. The van der Waals surface area contributed by atoms with Crippen LogP contribution in [0.2, 0.25) is 0 Å². The highest BCUT2D eigenvalue weighted by Crippen LogP contribution is 2.36. The number of rotatable bonds is 7. The van der Waals surface area contributed by atoms with E-state index in [9.17, 15) is 10.1 Å². The summed E-state index contributed by atoms with van der Waals surface area (Å²) in [5.41, 5.74) is 0.720. The highest BCUT2D eigenvalue weighted by atomic mass is 35.5. The summed E-state index contributed by atoms with van der Waals surface area (Å²) in [4.78, 5) is 12.8. The highest BCUT2D eigenvalue weighted by molar-refractivity contribution is 6.21. The van der Waals surface area contributed by atoms with E-state index in [1.54, 1.807) is 7.11 Å². The molecule has 2 heterocycles. The number of carbonyl (C=O) groups is 1. The molecular formula is C21H32ClN5O3. The molecule has 2 aliphatic carbocycles. The Morgan fingerprint density at radius 1 is 1.40 bits per heavy atom. The molecule has 0 bridgehead atoms. The molecule has 8 nitrogen and oxygen atoms in total. The Labute approximate surface area is 183 Å². The first-order valence-electron chi connectivity index (χ1n) is 10.9. The molecule has 3 fully saturated rings. The molecule has 30 heavy (non-hydrogen) atoms. The van der Waals surface area contributed by atoms with Crippen LogP contribution in [0.1, 0.15) is 32.6 Å². The fourth-order valence-electron chi connectivity index (χ4n) is 4.60. The van der Waals surface area contributed by atoms with E-state index in [4.69, 9.17) is 21.1 Å². The highest BCUT2D eigenvalue weighted by Gasteiger charge is 2.41. The zero-order valence-electron chi connectivity index (χ0n) is 17.6. The van der Waals surface area contributed by atoms with Crippen LogP contribution in [-0.4, -0.2) is 62.3 Å². The zero-order chi connectivity index (χ0) is 21.3. The molecule has 4 N–H and O–H groups in total. The van der Waals surface area contributed by atoms with Crippen LogP contribution in [0.3, 0.4) is 0 Å². The summed E-state index contributed by atoms with van der Waals surface area (Å²) in [5, 5.41) is 22.2. The summed E-state index contributed by atoms with van der Waals surface area (Å²) in [6.45, 7) is 3.27. The predicted octanol–water partition coefficient (Wildman–Crippen LogP) is 0.791. The topological polar surface area (TPSA) is 107 Å². The van der Waals surface area contributed by atoms with Gasteiger partial charge in [-0.2, -0.15) is 5.26 Å². The summed E-state index contributed by atoms with van der Waals surface area (Å²) < 4.78 is 11.4. The smallest absolute Gasteiger partial charge is 0.248 e. The van der Waals surface area contributed by atoms with Gasteiger partial charge >= 0.3 is 0 Å². The maximum Gasteiger partial charge on any atom is 0.248 e. The van der Waals surface area contributed by atoms with Gasteiger partial charge in [0.25, 0.3) is 0 Å². The minimum absolute atomic E-state index is 0.00834. The number of ether oxygens (including phenoxy) is 2. The van der Waals surface area contributed by atoms with Crippen LogP contribution >= 0.6 is 11.6 Å². The number of halogens is 1. The van der Waals surface area contributed by atoms with Gasteiger partial charge in [0.05, 0.1) is 23.5 Å². The molecule has 0 radical (unpaired) electrons. The summed E-state index contributed by atoms with van der Waals surface area (Å²) in [6.07, 6.45) is 5.55. The fourth-order valence-corrected chi connectivity index (χ4v) is 4.98. The van der Waals surface area contributed by atoms with Crippen LogP contribution in [-0.2, 0) is 14.3 Å². The van der Waals surface area contributed by atoms with E-state index in [-0.39, 0.29) is 53.8 Å². The Kier molecular flexibility index (Phi) is 6.98. The lowest BCUT2D eigenvalue weighted by molar-refractivity contribution is -0.120. The second-order valence-corrected chi connectivity index (χ2v) is 9.52. The second-order valence-electron chi connectivity index (χ2n) is 8.96. The maximum absolute atomic E-state index is 12.8. The zero-order valence-corrected chi connectivity index (χ0v) is 18.3. The van der Waals surface area contributed by atoms with Gasteiger partial charge in [-0.15, -0.1) is 11.6 Å². The molecule has 0 aromatic carbocycles. The van der Waals surface area contributed by atoms with E-state index in [2.05, 4.69) is 33.4 Å². The van der Waals surface area contributed by atoms with E-state index in [0.29, 0.717) is 12.5 Å². The summed E-state index contributed by atoms with van der Waals surface area (Å²) in [7, 11) is 1.58. The molecule has 4 rings (SSSR count). The number of hydrogen-bond donors (Lipinski definition) is 4. The number of nitriles is 1. The monoisotopic (exact) mass is 437 g/mol. The molecule has 1 amide bonds. The first kappa shape index (κ1) is 22.0. The normalized spacial score (nSPS) is 40.0. The minimum atomic E-state index is -0.359. The van der Waals surface area contributed by atoms with Gasteiger partial charge in [-0.05, 0) is 44.4 Å². The molecule has 8 atom stereocenters. The molecule has 4 aliphatic rings. The molecule has 166 valence electrons. The van der Waals surface area contributed by atoms with Gasteiger partial charge < -0.3 is 14.8 Å². The molecule has 0 spiro atoms. The van der Waals surface area contributed by atoms with Crippen LogP contribution in [0, 0.1) is 29.1 Å². The van der Waals surface area contributed by atoms with Crippen molar-refractivity contribution in [2.24, 2.45) is 17.8 Å². The largest absolute Gasteiger partial charge is 0.376 e. The van der Waals surface area contributed by atoms with Crippen LogP contribution in [0.25, 0.3) is 0 Å². The Balaban J connectivity index is 1.35. The number of nitrogens with zero attached hydrogens (tertiary/aromatic N) is 1. The fraction of sp³-hybridized carbons (Fsp3) is 0.810. The lowest BCUT2D eigenvalue weighted by Crippen LogP contribution is -2.66. The van der Waals surface area contributed by atoms with Gasteiger partial charge in [0.1, 0.15) is 12.5 Å². The van der Waals surface area contributed by atoms with Crippen LogP contribution in [0.15, 0.2) is 11.6 Å². The number of nitrogens with one attached hydrogen (secondary N) is 4. The van der Waals surface area contributed by atoms with Crippen molar-refractivity contribution >= 4 is 17.5 Å². The van der Waals surface area contributed by atoms with E-state index in [1.165, 1.54) is 12.8 Å². The Hall–Kier alpha value is -1.21. The molecule has 0 aromatic heterocycles. The van der Waals surface area contributed by atoms with E-state index in [1.807, 2.05) is 6.92 Å². The van der Waals surface area contributed by atoms with Crippen molar-refractivity contribution < 1.29 is 14.3 Å². The SMILES string of the molecule is COC1NC(N[C@@H](C)C2=CC3CC(Cl)C(OCC4CC4)CC3NC2=O)NCC1C#N. The third kappa shape index (κ3) is 4.98. The second kappa shape index (κ2) is 9.51. The Morgan fingerprint density at radius 3 is 2.90 bits per heavy atom. The molecule has 9 heteroatoms. The minimum Gasteiger partial charge on any atom is -0.376 e. The predicted molar refractivity (Wildman–Crippen MR) is 112 cm³/mol. The van der Waals surface area contributed by atoms with Crippen molar-refractivity contribution in [2.75, 3.05) is 20.3 Å². The van der Waals surface area contributed by atoms with Gasteiger partial charge in [-0.25, -0.2) is 0 Å². The van der Waals surface area contributed by atoms with Crippen molar-refractivity contribution in [1.29, 1.82) is 5.26 Å². The number of methoxy groups -OCH3 is 1.